The molecule has 0 aliphatic carbocycles. The third-order valence-electron chi connectivity index (χ3n) is 5.67. The highest BCUT2D eigenvalue weighted by molar-refractivity contribution is 7.22. The highest BCUT2D eigenvalue weighted by Gasteiger charge is 2.48. The van der Waals surface area contributed by atoms with Gasteiger partial charge in [-0.2, -0.15) is 0 Å². The molecule has 1 N–H and O–H groups in total. The molecule has 0 spiro atoms. The highest BCUT2D eigenvalue weighted by Crippen LogP contribution is 2.44. The Morgan fingerprint density at radius 2 is 1.75 bits per heavy atom. The number of carbonyl (C=O) groups is 2. The molecule has 9 heteroatoms. The number of benzene rings is 3. The molecule has 1 amide bonds. The Morgan fingerprint density at radius 3 is 2.44 bits per heavy atom. The molecule has 0 radical (unpaired) electrons. The summed E-state index contributed by atoms with van der Waals surface area (Å²) in [6.45, 7) is 3.91. The van der Waals surface area contributed by atoms with Crippen LogP contribution in [0, 0.1) is 11.6 Å². The van der Waals surface area contributed by atoms with Gasteiger partial charge in [0.2, 0.25) is 0 Å². The number of ketones is 1. The van der Waals surface area contributed by atoms with Crippen LogP contribution in [-0.2, 0) is 9.59 Å². The molecular formula is C27H18F2N2O4S. The number of thiazole rings is 1. The first-order valence-electron chi connectivity index (χ1n) is 10.8. The second-order valence-electron chi connectivity index (χ2n) is 7.95. The van der Waals surface area contributed by atoms with Gasteiger partial charge >= 0.3 is 5.91 Å². The SMILES string of the molecule is C=CCOc1ccc(C2/C(=C(\O)c3ccc(F)cc3)C(=O)C(=O)N2c2nc3ccc(F)cc3s2)cc1. The zero-order valence-corrected chi connectivity index (χ0v) is 19.5. The molecule has 1 atom stereocenters. The summed E-state index contributed by atoms with van der Waals surface area (Å²) in [5.74, 6) is -2.68. The fourth-order valence-electron chi connectivity index (χ4n) is 4.00. The third-order valence-corrected chi connectivity index (χ3v) is 6.69. The average molecular weight is 505 g/mol. The minimum atomic E-state index is -1.03. The first kappa shape index (κ1) is 23.4. The number of hydrogen-bond acceptors (Lipinski definition) is 6. The lowest BCUT2D eigenvalue weighted by Gasteiger charge is -2.23. The van der Waals surface area contributed by atoms with Crippen LogP contribution in [0.2, 0.25) is 0 Å². The zero-order valence-electron chi connectivity index (χ0n) is 18.7. The minimum absolute atomic E-state index is 0.170. The van der Waals surface area contributed by atoms with E-state index >= 15 is 0 Å². The number of aromatic nitrogens is 1. The lowest BCUT2D eigenvalue weighted by molar-refractivity contribution is -0.132. The Kier molecular flexibility index (Phi) is 6.07. The number of ether oxygens (including phenoxy) is 1. The molecular weight excluding hydrogens is 486 g/mol. The van der Waals surface area contributed by atoms with Crippen LogP contribution in [0.5, 0.6) is 5.75 Å². The predicted octanol–water partition coefficient (Wildman–Crippen LogP) is 5.77. The van der Waals surface area contributed by atoms with E-state index in [1.165, 1.54) is 35.2 Å². The number of aliphatic hydroxyl groups excluding tert-OH is 1. The number of rotatable bonds is 6. The number of halogens is 2. The van der Waals surface area contributed by atoms with Crippen LogP contribution in [-0.4, -0.2) is 28.4 Å². The van der Waals surface area contributed by atoms with Gasteiger partial charge in [-0.3, -0.25) is 14.5 Å². The van der Waals surface area contributed by atoms with Gasteiger partial charge in [-0.15, -0.1) is 0 Å². The van der Waals surface area contributed by atoms with Crippen molar-refractivity contribution in [3.8, 4) is 5.75 Å². The van der Waals surface area contributed by atoms with Crippen molar-refractivity contribution in [1.82, 2.24) is 4.98 Å². The molecule has 180 valence electrons. The summed E-state index contributed by atoms with van der Waals surface area (Å²) in [4.78, 5) is 32.1. The van der Waals surface area contributed by atoms with Gasteiger partial charge < -0.3 is 9.84 Å². The van der Waals surface area contributed by atoms with E-state index in [0.717, 1.165) is 23.5 Å². The zero-order chi connectivity index (χ0) is 25.4. The minimum Gasteiger partial charge on any atom is -0.507 e. The molecule has 1 fully saturated rings. The molecule has 6 nitrogen and oxygen atoms in total. The van der Waals surface area contributed by atoms with Crippen LogP contribution >= 0.6 is 11.3 Å². The Morgan fingerprint density at radius 1 is 1.06 bits per heavy atom. The summed E-state index contributed by atoms with van der Waals surface area (Å²) < 4.78 is 33.3. The molecule has 0 saturated carbocycles. The molecule has 1 aliphatic heterocycles. The normalized spacial score (nSPS) is 17.1. The van der Waals surface area contributed by atoms with Crippen molar-refractivity contribution >= 4 is 44.1 Å². The van der Waals surface area contributed by atoms with Crippen LogP contribution in [0.3, 0.4) is 0 Å². The number of nitrogens with zero attached hydrogens (tertiary/aromatic N) is 2. The fourth-order valence-corrected chi connectivity index (χ4v) is 5.02. The van der Waals surface area contributed by atoms with Gasteiger partial charge in [0, 0.05) is 5.56 Å². The maximum atomic E-state index is 13.8. The van der Waals surface area contributed by atoms with E-state index in [9.17, 15) is 23.5 Å². The molecule has 3 aromatic carbocycles. The summed E-state index contributed by atoms with van der Waals surface area (Å²) in [5.41, 5.74) is 0.978. The van der Waals surface area contributed by atoms with E-state index in [0.29, 0.717) is 28.1 Å². The maximum Gasteiger partial charge on any atom is 0.301 e. The number of aliphatic hydroxyl groups is 1. The van der Waals surface area contributed by atoms with Gasteiger partial charge in [0.1, 0.15) is 29.8 Å². The smallest absolute Gasteiger partial charge is 0.301 e. The fraction of sp³-hybridized carbons (Fsp3) is 0.0741. The molecule has 0 bridgehead atoms. The number of amides is 1. The summed E-state index contributed by atoms with van der Waals surface area (Å²) in [7, 11) is 0. The first-order valence-corrected chi connectivity index (χ1v) is 11.7. The van der Waals surface area contributed by atoms with Gasteiger partial charge in [0.05, 0.1) is 21.8 Å². The van der Waals surface area contributed by atoms with E-state index in [1.54, 1.807) is 30.3 Å². The number of Topliss-reactive ketones (excluding diaryl/α,β-unsaturated/α-hetero) is 1. The van der Waals surface area contributed by atoms with Crippen LogP contribution < -0.4 is 9.64 Å². The van der Waals surface area contributed by atoms with Crippen molar-refractivity contribution in [1.29, 1.82) is 0 Å². The number of hydrogen-bond donors (Lipinski definition) is 1. The number of fused-ring (bicyclic) bond motifs is 1. The van der Waals surface area contributed by atoms with Crippen molar-refractivity contribution in [3.05, 3.63) is 108 Å². The molecule has 2 heterocycles. The Hall–Kier alpha value is -4.37. The number of anilines is 1. The quantitative estimate of drug-likeness (QED) is 0.156. The highest BCUT2D eigenvalue weighted by atomic mass is 32.1. The lowest BCUT2D eigenvalue weighted by Crippen LogP contribution is -2.29. The summed E-state index contributed by atoms with van der Waals surface area (Å²) in [5, 5.41) is 11.3. The molecule has 1 saturated heterocycles. The Bertz CT molecular complexity index is 1530. The summed E-state index contributed by atoms with van der Waals surface area (Å²) in [6.07, 6.45) is 1.60. The first-order chi connectivity index (χ1) is 17.4. The van der Waals surface area contributed by atoms with Crippen molar-refractivity contribution in [2.75, 3.05) is 11.5 Å². The van der Waals surface area contributed by atoms with Crippen LogP contribution in [0.1, 0.15) is 17.2 Å². The van der Waals surface area contributed by atoms with E-state index in [-0.39, 0.29) is 16.3 Å². The van der Waals surface area contributed by atoms with Crippen LogP contribution in [0.25, 0.3) is 16.0 Å². The molecule has 1 aromatic heterocycles. The molecule has 36 heavy (non-hydrogen) atoms. The molecule has 1 unspecified atom stereocenters. The van der Waals surface area contributed by atoms with Gasteiger partial charge in [-0.05, 0) is 60.2 Å². The van der Waals surface area contributed by atoms with Gasteiger partial charge in [0.25, 0.3) is 5.78 Å². The average Bonchev–Trinajstić information content (AvgIpc) is 3.40. The van der Waals surface area contributed by atoms with Crippen molar-refractivity contribution in [2.45, 2.75) is 6.04 Å². The van der Waals surface area contributed by atoms with E-state index in [1.807, 2.05) is 0 Å². The van der Waals surface area contributed by atoms with Crippen LogP contribution in [0.15, 0.2) is 85.0 Å². The lowest BCUT2D eigenvalue weighted by atomic mass is 9.95. The molecule has 1 aliphatic rings. The third kappa shape index (κ3) is 4.14. The van der Waals surface area contributed by atoms with E-state index in [2.05, 4.69) is 11.6 Å². The molecule has 4 aromatic rings. The van der Waals surface area contributed by atoms with Gasteiger partial charge in [0.15, 0.2) is 5.13 Å². The topological polar surface area (TPSA) is 79.7 Å². The van der Waals surface area contributed by atoms with Crippen molar-refractivity contribution in [2.24, 2.45) is 0 Å². The Labute approximate surface area is 208 Å². The number of carbonyl (C=O) groups excluding carboxylic acids is 2. The van der Waals surface area contributed by atoms with Crippen molar-refractivity contribution in [3.63, 3.8) is 0 Å². The maximum absolute atomic E-state index is 13.8. The van der Waals surface area contributed by atoms with Crippen molar-refractivity contribution < 1.29 is 28.2 Å². The summed E-state index contributed by atoms with van der Waals surface area (Å²) in [6, 6.07) is 14.6. The Balaban J connectivity index is 1.68. The predicted molar refractivity (Wildman–Crippen MR) is 133 cm³/mol. The van der Waals surface area contributed by atoms with Crippen LogP contribution in [0.4, 0.5) is 13.9 Å². The monoisotopic (exact) mass is 504 g/mol. The van der Waals surface area contributed by atoms with E-state index in [4.69, 9.17) is 4.74 Å². The second kappa shape index (κ2) is 9.35. The second-order valence-corrected chi connectivity index (χ2v) is 8.96. The summed E-state index contributed by atoms with van der Waals surface area (Å²) >= 11 is 1.05. The van der Waals surface area contributed by atoms with Gasteiger partial charge in [-0.1, -0.05) is 36.1 Å². The standard InChI is InChI=1S/C27H18F2N2O4S/c1-2-13-35-19-10-5-15(6-11-19)23-22(24(32)16-3-7-17(28)8-4-16)25(33)26(34)31(23)27-30-20-12-9-18(29)14-21(20)36-27/h2-12,14,23,32H,1,13H2/b24-22+. The van der Waals surface area contributed by atoms with E-state index < -0.39 is 35.1 Å². The van der Waals surface area contributed by atoms with Gasteiger partial charge in [-0.25, -0.2) is 13.8 Å². The molecule has 5 rings (SSSR count). The largest absolute Gasteiger partial charge is 0.507 e.